The molecule has 0 bridgehead atoms. The van der Waals surface area contributed by atoms with Crippen LogP contribution in [0.5, 0.6) is 0 Å². The highest BCUT2D eigenvalue weighted by Crippen LogP contribution is 2.17. The van der Waals surface area contributed by atoms with Crippen molar-refractivity contribution in [3.05, 3.63) is 36.2 Å². The summed E-state index contributed by atoms with van der Waals surface area (Å²) in [7, 11) is 0. The maximum absolute atomic E-state index is 12.2. The van der Waals surface area contributed by atoms with Gasteiger partial charge in [-0.25, -0.2) is 0 Å². The van der Waals surface area contributed by atoms with E-state index >= 15 is 0 Å². The third-order valence-electron chi connectivity index (χ3n) is 3.92. The fourth-order valence-electron chi connectivity index (χ4n) is 2.65. The fourth-order valence-corrected chi connectivity index (χ4v) is 2.65. The first kappa shape index (κ1) is 15.1. The molecule has 3 rings (SSSR count). The molecule has 120 valence electrons. The molecule has 2 amide bonds. The Bertz CT molecular complexity index is 699. The molecule has 1 saturated heterocycles. The molecule has 0 radical (unpaired) electrons. The molecule has 1 aliphatic heterocycles. The van der Waals surface area contributed by atoms with Crippen LogP contribution < -0.4 is 5.32 Å². The van der Waals surface area contributed by atoms with E-state index in [0.29, 0.717) is 18.9 Å². The number of carbonyl (C=O) groups excluding carboxylic acids is 2. The molecule has 8 heteroatoms. The minimum Gasteiger partial charge on any atom is -0.348 e. The first-order valence-corrected chi connectivity index (χ1v) is 7.57. The smallest absolute Gasteiger partial charge is 0.225 e. The number of hydrogen-bond donors (Lipinski definition) is 1. The molecule has 0 spiro atoms. The second kappa shape index (κ2) is 6.55. The van der Waals surface area contributed by atoms with Crippen molar-refractivity contribution in [1.82, 2.24) is 30.4 Å². The highest BCUT2D eigenvalue weighted by Gasteiger charge is 2.33. The van der Waals surface area contributed by atoms with Gasteiger partial charge in [0.2, 0.25) is 11.8 Å². The topological polar surface area (TPSA) is 93.0 Å². The Kier molecular flexibility index (Phi) is 4.31. The molecule has 1 fully saturated rings. The quantitative estimate of drug-likeness (QED) is 0.848. The Balaban J connectivity index is 1.63. The molecule has 0 unspecified atom stereocenters. The molecule has 1 aromatic carbocycles. The van der Waals surface area contributed by atoms with Gasteiger partial charge >= 0.3 is 0 Å². The van der Waals surface area contributed by atoms with Crippen LogP contribution in [-0.2, 0) is 16.1 Å². The molecule has 23 heavy (non-hydrogen) atoms. The highest BCUT2D eigenvalue weighted by molar-refractivity contribution is 5.89. The van der Waals surface area contributed by atoms with E-state index in [1.54, 1.807) is 9.58 Å². The van der Waals surface area contributed by atoms with Crippen molar-refractivity contribution in [2.24, 2.45) is 5.92 Å². The summed E-state index contributed by atoms with van der Waals surface area (Å²) in [6.07, 6.45) is 0.267. The molecule has 0 aliphatic carbocycles. The minimum absolute atomic E-state index is 0.0294. The molecule has 1 atom stereocenters. The van der Waals surface area contributed by atoms with Crippen molar-refractivity contribution < 1.29 is 9.59 Å². The standard InChI is InChI=1S/C15H18N6O2/c1-2-20-10-11(8-14(20)22)15(23)16-9-13-17-18-19-21(13)12-6-4-3-5-7-12/h3-7,11H,2,8-10H2,1H3,(H,16,23)/t11-/m0/s1. The second-order valence-electron chi connectivity index (χ2n) is 5.39. The number of likely N-dealkylation sites (tertiary alicyclic amines) is 1. The normalized spacial score (nSPS) is 17.5. The van der Waals surface area contributed by atoms with Gasteiger partial charge in [0.15, 0.2) is 5.82 Å². The van der Waals surface area contributed by atoms with Gasteiger partial charge in [0, 0.05) is 19.5 Å². The molecule has 1 aliphatic rings. The van der Waals surface area contributed by atoms with Crippen LogP contribution in [0.25, 0.3) is 5.69 Å². The monoisotopic (exact) mass is 314 g/mol. The average Bonchev–Trinajstić information content (AvgIpc) is 3.19. The van der Waals surface area contributed by atoms with Crippen LogP contribution in [0.15, 0.2) is 30.3 Å². The van der Waals surface area contributed by atoms with Gasteiger partial charge < -0.3 is 10.2 Å². The number of carbonyl (C=O) groups is 2. The lowest BCUT2D eigenvalue weighted by Crippen LogP contribution is -2.33. The van der Waals surface area contributed by atoms with Gasteiger partial charge in [0.1, 0.15) is 0 Å². The third kappa shape index (κ3) is 3.20. The summed E-state index contributed by atoms with van der Waals surface area (Å²) in [6, 6.07) is 9.46. The summed E-state index contributed by atoms with van der Waals surface area (Å²) in [4.78, 5) is 25.6. The van der Waals surface area contributed by atoms with Gasteiger partial charge in [-0.2, -0.15) is 4.68 Å². The molecular weight excluding hydrogens is 296 g/mol. The van der Waals surface area contributed by atoms with Crippen LogP contribution in [-0.4, -0.2) is 50.0 Å². The molecule has 8 nitrogen and oxygen atoms in total. The Morgan fingerprint density at radius 1 is 1.35 bits per heavy atom. The Morgan fingerprint density at radius 3 is 2.83 bits per heavy atom. The van der Waals surface area contributed by atoms with Gasteiger partial charge in [-0.05, 0) is 29.5 Å². The van der Waals surface area contributed by atoms with Crippen LogP contribution in [0.1, 0.15) is 19.2 Å². The van der Waals surface area contributed by atoms with Crippen molar-refractivity contribution in [2.45, 2.75) is 19.9 Å². The first-order chi connectivity index (χ1) is 11.2. The zero-order chi connectivity index (χ0) is 16.2. The number of para-hydroxylation sites is 1. The Morgan fingerprint density at radius 2 is 2.13 bits per heavy atom. The molecule has 2 aromatic rings. The summed E-state index contributed by atoms with van der Waals surface area (Å²) in [6.45, 7) is 3.24. The maximum atomic E-state index is 12.2. The van der Waals surface area contributed by atoms with E-state index in [4.69, 9.17) is 0 Å². The maximum Gasteiger partial charge on any atom is 0.225 e. The minimum atomic E-state index is -0.302. The second-order valence-corrected chi connectivity index (χ2v) is 5.39. The van der Waals surface area contributed by atoms with E-state index in [-0.39, 0.29) is 30.7 Å². The van der Waals surface area contributed by atoms with Crippen molar-refractivity contribution >= 4 is 11.8 Å². The van der Waals surface area contributed by atoms with E-state index in [0.717, 1.165) is 5.69 Å². The molecule has 1 aromatic heterocycles. The van der Waals surface area contributed by atoms with E-state index < -0.39 is 0 Å². The predicted octanol–water partition coefficient (Wildman–Crippen LogP) is 0.147. The summed E-state index contributed by atoms with van der Waals surface area (Å²) < 4.78 is 1.58. The lowest BCUT2D eigenvalue weighted by Gasteiger charge is -2.13. The van der Waals surface area contributed by atoms with Crippen LogP contribution in [0.2, 0.25) is 0 Å². The SMILES string of the molecule is CCN1C[C@@H](C(=O)NCc2nnnn2-c2ccccc2)CC1=O. The highest BCUT2D eigenvalue weighted by atomic mass is 16.2. The number of aromatic nitrogens is 4. The summed E-state index contributed by atoms with van der Waals surface area (Å²) in [5.74, 6) is 0.128. The van der Waals surface area contributed by atoms with Gasteiger partial charge in [-0.3, -0.25) is 9.59 Å². The molecular formula is C15H18N6O2. The van der Waals surface area contributed by atoms with Gasteiger partial charge in [0.25, 0.3) is 0 Å². The number of amides is 2. The van der Waals surface area contributed by atoms with E-state index in [1.165, 1.54) is 0 Å². The first-order valence-electron chi connectivity index (χ1n) is 7.57. The average molecular weight is 314 g/mol. The van der Waals surface area contributed by atoms with Crippen LogP contribution in [0.4, 0.5) is 0 Å². The van der Waals surface area contributed by atoms with Crippen molar-refractivity contribution in [3.8, 4) is 5.69 Å². The number of tetrazole rings is 1. The largest absolute Gasteiger partial charge is 0.348 e. The van der Waals surface area contributed by atoms with Crippen molar-refractivity contribution in [3.63, 3.8) is 0 Å². The number of benzene rings is 1. The molecule has 1 N–H and O–H groups in total. The lowest BCUT2D eigenvalue weighted by atomic mass is 10.1. The van der Waals surface area contributed by atoms with E-state index in [9.17, 15) is 9.59 Å². The van der Waals surface area contributed by atoms with Gasteiger partial charge in [0.05, 0.1) is 18.2 Å². The zero-order valence-corrected chi connectivity index (χ0v) is 12.8. The predicted molar refractivity (Wildman–Crippen MR) is 81.4 cm³/mol. The van der Waals surface area contributed by atoms with Crippen LogP contribution in [0.3, 0.4) is 0 Å². The summed E-state index contributed by atoms with van der Waals surface area (Å²) >= 11 is 0. The lowest BCUT2D eigenvalue weighted by molar-refractivity contribution is -0.128. The third-order valence-corrected chi connectivity index (χ3v) is 3.92. The number of nitrogens with one attached hydrogen (secondary N) is 1. The van der Waals surface area contributed by atoms with E-state index in [1.807, 2.05) is 37.3 Å². The molecule has 0 saturated carbocycles. The number of nitrogens with zero attached hydrogens (tertiary/aromatic N) is 5. The van der Waals surface area contributed by atoms with Crippen molar-refractivity contribution in [2.75, 3.05) is 13.1 Å². The molecule has 2 heterocycles. The van der Waals surface area contributed by atoms with Crippen molar-refractivity contribution in [1.29, 1.82) is 0 Å². The zero-order valence-electron chi connectivity index (χ0n) is 12.8. The fraction of sp³-hybridized carbons (Fsp3) is 0.400. The Hall–Kier alpha value is -2.77. The number of hydrogen-bond acceptors (Lipinski definition) is 5. The van der Waals surface area contributed by atoms with E-state index in [2.05, 4.69) is 20.8 Å². The summed E-state index contributed by atoms with van der Waals surface area (Å²) in [5.41, 5.74) is 0.829. The van der Waals surface area contributed by atoms with Gasteiger partial charge in [-0.15, -0.1) is 5.10 Å². The van der Waals surface area contributed by atoms with Crippen LogP contribution in [0, 0.1) is 5.92 Å². The Labute approximate surface area is 133 Å². The van der Waals surface area contributed by atoms with Gasteiger partial charge in [-0.1, -0.05) is 18.2 Å². The van der Waals surface area contributed by atoms with Crippen LogP contribution >= 0.6 is 0 Å². The number of rotatable bonds is 5. The summed E-state index contributed by atoms with van der Waals surface area (Å²) in [5, 5.41) is 14.4.